The van der Waals surface area contributed by atoms with E-state index in [0.717, 1.165) is 0 Å². The van der Waals surface area contributed by atoms with Gasteiger partial charge in [-0.1, -0.05) is 0 Å². The normalized spacial score (nSPS) is 10.5. The molecule has 1 rings (SSSR count). The van der Waals surface area contributed by atoms with Gasteiger partial charge in [0.15, 0.2) is 5.82 Å². The molecule has 0 radical (unpaired) electrons. The topological polar surface area (TPSA) is 142 Å². The first-order valence-electron chi connectivity index (χ1n) is 7.12. The lowest BCUT2D eigenvalue weighted by atomic mass is 10.2. The molecule has 9 heteroatoms. The molecule has 1 aromatic rings. The van der Waals surface area contributed by atoms with Crippen LogP contribution in [0.4, 0.5) is 16.4 Å². The van der Waals surface area contributed by atoms with E-state index in [4.69, 9.17) is 21.0 Å². The number of aryl methyl sites for hydroxylation is 1. The number of amides is 1. The number of aromatic nitrogens is 2. The molecule has 0 aliphatic heterocycles. The largest absolute Gasteiger partial charge is 0.444 e. The van der Waals surface area contributed by atoms with Gasteiger partial charge in [-0.3, -0.25) is 0 Å². The van der Waals surface area contributed by atoms with Crippen molar-refractivity contribution in [1.82, 2.24) is 15.1 Å². The Bertz CT molecular complexity index is 631. The number of hydrogen-bond acceptors (Lipinski definition) is 7. The Balaban J connectivity index is 2.54. The van der Waals surface area contributed by atoms with E-state index in [9.17, 15) is 4.79 Å². The van der Waals surface area contributed by atoms with Crippen LogP contribution in [-0.2, 0) is 11.3 Å². The monoisotopic (exact) mass is 319 g/mol. The number of carbonyl (C=O) groups excluding carboxylic acids is 1. The molecular weight excluding hydrogens is 298 g/mol. The lowest BCUT2D eigenvalue weighted by Crippen LogP contribution is -2.35. The highest BCUT2D eigenvalue weighted by Gasteiger charge is 2.16. The van der Waals surface area contributed by atoms with Crippen molar-refractivity contribution >= 4 is 17.7 Å². The molecule has 0 spiro atoms. The van der Waals surface area contributed by atoms with E-state index in [2.05, 4.69) is 15.7 Å². The van der Waals surface area contributed by atoms with Crippen LogP contribution in [-0.4, -0.2) is 34.6 Å². The van der Waals surface area contributed by atoms with E-state index in [1.807, 2.05) is 12.1 Å². The number of hydrogen-bond donors (Lipinski definition) is 3. The van der Waals surface area contributed by atoms with Gasteiger partial charge >= 0.3 is 6.09 Å². The molecule has 0 saturated carbocycles. The first kappa shape index (κ1) is 18.1. The molecule has 124 valence electrons. The molecular formula is C14H21N7O2. The van der Waals surface area contributed by atoms with Crippen LogP contribution in [0.3, 0.4) is 0 Å². The zero-order valence-electron chi connectivity index (χ0n) is 13.5. The van der Waals surface area contributed by atoms with Gasteiger partial charge in [0, 0.05) is 13.1 Å². The first-order chi connectivity index (χ1) is 10.8. The minimum absolute atomic E-state index is 0.213. The fourth-order valence-electron chi connectivity index (χ4n) is 1.69. The first-order valence-corrected chi connectivity index (χ1v) is 7.12. The zero-order chi connectivity index (χ0) is 17.5. The summed E-state index contributed by atoms with van der Waals surface area (Å²) in [5.74, 6) is 0.541. The van der Waals surface area contributed by atoms with Crippen molar-refractivity contribution in [1.29, 1.82) is 10.5 Å². The zero-order valence-corrected chi connectivity index (χ0v) is 13.5. The summed E-state index contributed by atoms with van der Waals surface area (Å²) in [5.41, 5.74) is 5.48. The van der Waals surface area contributed by atoms with Crippen molar-refractivity contribution in [3.63, 3.8) is 0 Å². The van der Waals surface area contributed by atoms with Crippen LogP contribution in [0.5, 0.6) is 0 Å². The van der Waals surface area contributed by atoms with E-state index in [1.165, 1.54) is 4.68 Å². The average Bonchev–Trinajstić information content (AvgIpc) is 2.75. The fraction of sp³-hybridized carbons (Fsp3) is 0.571. The van der Waals surface area contributed by atoms with Gasteiger partial charge in [-0.25, -0.2) is 9.48 Å². The molecule has 0 aliphatic rings. The van der Waals surface area contributed by atoms with E-state index >= 15 is 0 Å². The number of ether oxygens (including phenoxy) is 1. The third kappa shape index (κ3) is 5.75. The standard InChI is InChI=1S/C14H21N7O2/c1-14(2,3)23-13(22)19-7-6-18-12-10(9-16)11(17)21(20-12)8-4-5-15/h4,6-8,17H2,1-3H3,(H,18,20)(H,19,22). The number of carbonyl (C=O) groups is 1. The second-order valence-corrected chi connectivity index (χ2v) is 5.71. The number of nitrogens with one attached hydrogen (secondary N) is 2. The minimum atomic E-state index is -0.556. The Morgan fingerprint density at radius 1 is 1.39 bits per heavy atom. The van der Waals surface area contributed by atoms with Gasteiger partial charge in [0.25, 0.3) is 0 Å². The molecule has 4 N–H and O–H groups in total. The van der Waals surface area contributed by atoms with Crippen molar-refractivity contribution in [3.8, 4) is 12.1 Å². The third-order valence-corrected chi connectivity index (χ3v) is 2.62. The Labute approximate surface area is 135 Å². The van der Waals surface area contributed by atoms with Crippen molar-refractivity contribution in [2.75, 3.05) is 24.1 Å². The van der Waals surface area contributed by atoms with Gasteiger partial charge in [0.2, 0.25) is 0 Å². The minimum Gasteiger partial charge on any atom is -0.444 e. The summed E-state index contributed by atoms with van der Waals surface area (Å²) in [6, 6.07) is 3.97. The summed E-state index contributed by atoms with van der Waals surface area (Å²) in [4.78, 5) is 11.5. The molecule has 0 aromatic carbocycles. The summed E-state index contributed by atoms with van der Waals surface area (Å²) in [6.45, 7) is 6.30. The molecule has 23 heavy (non-hydrogen) atoms. The molecule has 9 nitrogen and oxygen atoms in total. The van der Waals surface area contributed by atoms with Crippen LogP contribution in [0.25, 0.3) is 0 Å². The van der Waals surface area contributed by atoms with Crippen molar-refractivity contribution in [2.45, 2.75) is 39.3 Å². The predicted molar refractivity (Wildman–Crippen MR) is 84.3 cm³/mol. The molecule has 1 heterocycles. The maximum Gasteiger partial charge on any atom is 0.407 e. The third-order valence-electron chi connectivity index (χ3n) is 2.62. The van der Waals surface area contributed by atoms with Crippen LogP contribution < -0.4 is 16.4 Å². The smallest absolute Gasteiger partial charge is 0.407 e. The molecule has 1 aromatic heterocycles. The van der Waals surface area contributed by atoms with Gasteiger partial charge < -0.3 is 21.1 Å². The summed E-state index contributed by atoms with van der Waals surface area (Å²) in [5, 5.41) is 27.4. The van der Waals surface area contributed by atoms with E-state index < -0.39 is 11.7 Å². The van der Waals surface area contributed by atoms with Crippen molar-refractivity contribution in [3.05, 3.63) is 5.56 Å². The van der Waals surface area contributed by atoms with E-state index in [0.29, 0.717) is 25.5 Å². The van der Waals surface area contributed by atoms with Gasteiger partial charge in [0.05, 0.1) is 19.0 Å². The number of nitrogens with two attached hydrogens (primary N) is 1. The molecule has 0 saturated heterocycles. The van der Waals surface area contributed by atoms with Crippen LogP contribution in [0.2, 0.25) is 0 Å². The Hall–Kier alpha value is -2.94. The number of nitriles is 2. The second-order valence-electron chi connectivity index (χ2n) is 5.71. The van der Waals surface area contributed by atoms with Crippen molar-refractivity contribution in [2.24, 2.45) is 0 Å². The lowest BCUT2D eigenvalue weighted by Gasteiger charge is -2.19. The maximum atomic E-state index is 11.5. The van der Waals surface area contributed by atoms with Gasteiger partial charge in [-0.05, 0) is 20.8 Å². The van der Waals surface area contributed by atoms with Gasteiger partial charge in [-0.15, -0.1) is 0 Å². The van der Waals surface area contributed by atoms with Gasteiger partial charge in [-0.2, -0.15) is 15.6 Å². The SMILES string of the molecule is CC(C)(C)OC(=O)NCCNc1nn(CCC#N)c(N)c1C#N. The van der Waals surface area contributed by atoms with E-state index in [1.54, 1.807) is 20.8 Å². The predicted octanol–water partition coefficient (Wildman–Crippen LogP) is 1.19. The average molecular weight is 319 g/mol. The summed E-state index contributed by atoms with van der Waals surface area (Å²) in [6.07, 6.45) is -0.269. The number of nitrogens with zero attached hydrogens (tertiary/aromatic N) is 4. The van der Waals surface area contributed by atoms with Crippen LogP contribution in [0.15, 0.2) is 0 Å². The van der Waals surface area contributed by atoms with E-state index in [-0.39, 0.29) is 17.8 Å². The van der Waals surface area contributed by atoms with Crippen LogP contribution in [0.1, 0.15) is 32.8 Å². The molecule has 1 amide bonds. The molecule has 0 unspecified atom stereocenters. The summed E-state index contributed by atoms with van der Waals surface area (Å²) in [7, 11) is 0. The summed E-state index contributed by atoms with van der Waals surface area (Å²) < 4.78 is 6.51. The lowest BCUT2D eigenvalue weighted by molar-refractivity contribution is 0.0530. The molecule has 0 atom stereocenters. The van der Waals surface area contributed by atoms with Crippen molar-refractivity contribution < 1.29 is 9.53 Å². The second kappa shape index (κ2) is 7.90. The highest BCUT2D eigenvalue weighted by Crippen LogP contribution is 2.20. The number of alkyl carbamates (subject to hydrolysis) is 1. The Morgan fingerprint density at radius 2 is 2.09 bits per heavy atom. The highest BCUT2D eigenvalue weighted by atomic mass is 16.6. The Kier molecular flexibility index (Phi) is 6.22. The van der Waals surface area contributed by atoms with Crippen LogP contribution >= 0.6 is 0 Å². The molecule has 0 aliphatic carbocycles. The quantitative estimate of drug-likeness (QED) is 0.668. The number of anilines is 2. The highest BCUT2D eigenvalue weighted by molar-refractivity contribution is 5.68. The van der Waals surface area contributed by atoms with Crippen LogP contribution in [0, 0.1) is 22.7 Å². The van der Waals surface area contributed by atoms with Gasteiger partial charge in [0.1, 0.15) is 23.1 Å². The molecule has 0 bridgehead atoms. The fourth-order valence-corrected chi connectivity index (χ4v) is 1.69. The number of rotatable bonds is 6. The molecule has 0 fully saturated rings. The number of nitrogen functional groups attached to an aromatic ring is 1. The maximum absolute atomic E-state index is 11.5. The summed E-state index contributed by atoms with van der Waals surface area (Å²) >= 11 is 0. The Morgan fingerprint density at radius 3 is 2.65 bits per heavy atom.